The van der Waals surface area contributed by atoms with Crippen molar-refractivity contribution in [1.29, 1.82) is 0 Å². The summed E-state index contributed by atoms with van der Waals surface area (Å²) in [5.74, 6) is -0.587. The van der Waals surface area contributed by atoms with Gasteiger partial charge in [-0.1, -0.05) is 0 Å². The highest BCUT2D eigenvalue weighted by Crippen LogP contribution is 2.28. The summed E-state index contributed by atoms with van der Waals surface area (Å²) < 4.78 is 20.2. The van der Waals surface area contributed by atoms with Gasteiger partial charge in [-0.05, 0) is 39.0 Å². The van der Waals surface area contributed by atoms with Gasteiger partial charge in [-0.15, -0.1) is 0 Å². The van der Waals surface area contributed by atoms with Gasteiger partial charge in [0.15, 0.2) is 18.1 Å². The molecule has 8 heteroatoms. The second-order valence-electron chi connectivity index (χ2n) is 4.37. The molecular formula is C16H21NO7. The molecule has 0 radical (unpaired) electrons. The molecule has 1 aromatic carbocycles. The molecule has 0 aliphatic heterocycles. The molecule has 0 fully saturated rings. The molecule has 2 amide bonds. The van der Waals surface area contributed by atoms with Crippen LogP contribution in [-0.4, -0.2) is 44.4 Å². The third-order valence-corrected chi connectivity index (χ3v) is 2.63. The lowest BCUT2D eigenvalue weighted by molar-refractivity contribution is -0.123. The van der Waals surface area contributed by atoms with E-state index in [-0.39, 0.29) is 12.2 Å². The molecule has 1 aromatic rings. The van der Waals surface area contributed by atoms with Crippen LogP contribution in [0.2, 0.25) is 0 Å². The zero-order valence-corrected chi connectivity index (χ0v) is 13.9. The maximum Gasteiger partial charge on any atom is 0.413 e. The van der Waals surface area contributed by atoms with Crippen LogP contribution >= 0.6 is 0 Å². The van der Waals surface area contributed by atoms with Crippen molar-refractivity contribution >= 4 is 18.0 Å². The largest absolute Gasteiger partial charge is 0.490 e. The van der Waals surface area contributed by atoms with Gasteiger partial charge in [0.25, 0.3) is 5.91 Å². The number of alkyl carbamates (subject to hydrolysis) is 1. The number of imide groups is 1. The van der Waals surface area contributed by atoms with Crippen molar-refractivity contribution < 1.29 is 33.3 Å². The quantitative estimate of drug-likeness (QED) is 0.722. The molecule has 0 aromatic heterocycles. The Hall–Kier alpha value is -2.77. The van der Waals surface area contributed by atoms with Crippen LogP contribution in [0.5, 0.6) is 11.5 Å². The van der Waals surface area contributed by atoms with Gasteiger partial charge in [0, 0.05) is 0 Å². The van der Waals surface area contributed by atoms with Crippen LogP contribution in [0.4, 0.5) is 4.79 Å². The van der Waals surface area contributed by atoms with Gasteiger partial charge in [-0.25, -0.2) is 9.59 Å². The average molecular weight is 339 g/mol. The molecule has 0 atom stereocenters. The number of carbonyl (C=O) groups excluding carboxylic acids is 3. The summed E-state index contributed by atoms with van der Waals surface area (Å²) in [5.41, 5.74) is 0.200. The van der Waals surface area contributed by atoms with E-state index in [0.717, 1.165) is 0 Å². The standard InChI is InChI=1S/C16H21NO7/c1-4-21-12-8-7-11(9-13(12)22-5-2)15(19)24-10-14(18)17-16(20)23-6-3/h7-9H,4-6,10H2,1-3H3,(H,17,18,20). The monoisotopic (exact) mass is 339 g/mol. The second-order valence-corrected chi connectivity index (χ2v) is 4.37. The lowest BCUT2D eigenvalue weighted by Gasteiger charge is -2.12. The van der Waals surface area contributed by atoms with E-state index in [2.05, 4.69) is 4.74 Å². The number of carbonyl (C=O) groups is 3. The molecule has 0 bridgehead atoms. The first-order valence-electron chi connectivity index (χ1n) is 7.55. The summed E-state index contributed by atoms with van der Waals surface area (Å²) in [5, 5.41) is 1.92. The topological polar surface area (TPSA) is 100 Å². The van der Waals surface area contributed by atoms with Crippen LogP contribution in [0, 0.1) is 0 Å². The summed E-state index contributed by atoms with van der Waals surface area (Å²) in [6.07, 6.45) is -0.891. The highest BCUT2D eigenvalue weighted by Gasteiger charge is 2.15. The van der Waals surface area contributed by atoms with Crippen LogP contribution in [0.3, 0.4) is 0 Å². The Kier molecular flexibility index (Phi) is 8.10. The van der Waals surface area contributed by atoms with Crippen molar-refractivity contribution in [1.82, 2.24) is 5.32 Å². The Bertz CT molecular complexity index is 586. The second kappa shape index (κ2) is 10.1. The van der Waals surface area contributed by atoms with E-state index in [1.165, 1.54) is 12.1 Å². The molecular weight excluding hydrogens is 318 g/mol. The predicted molar refractivity (Wildman–Crippen MR) is 84.2 cm³/mol. The fraction of sp³-hybridized carbons (Fsp3) is 0.438. The minimum Gasteiger partial charge on any atom is -0.490 e. The van der Waals surface area contributed by atoms with Gasteiger partial charge in [0.1, 0.15) is 0 Å². The van der Waals surface area contributed by atoms with Crippen molar-refractivity contribution in [3.05, 3.63) is 23.8 Å². The van der Waals surface area contributed by atoms with Gasteiger partial charge < -0.3 is 18.9 Å². The Morgan fingerprint density at radius 3 is 2.21 bits per heavy atom. The lowest BCUT2D eigenvalue weighted by atomic mass is 10.2. The number of rotatable bonds is 8. The van der Waals surface area contributed by atoms with E-state index in [1.807, 2.05) is 12.2 Å². The minimum absolute atomic E-state index is 0.130. The molecule has 8 nitrogen and oxygen atoms in total. The number of hydrogen-bond donors (Lipinski definition) is 1. The summed E-state index contributed by atoms with van der Waals surface area (Å²) in [4.78, 5) is 34.5. The normalized spacial score (nSPS) is 9.79. The van der Waals surface area contributed by atoms with E-state index >= 15 is 0 Å². The Labute approximate surface area is 140 Å². The van der Waals surface area contributed by atoms with Crippen molar-refractivity contribution in [2.45, 2.75) is 20.8 Å². The highest BCUT2D eigenvalue weighted by molar-refractivity contribution is 5.95. The van der Waals surface area contributed by atoms with E-state index in [4.69, 9.17) is 14.2 Å². The number of ether oxygens (including phenoxy) is 4. The zero-order valence-electron chi connectivity index (χ0n) is 13.9. The van der Waals surface area contributed by atoms with E-state index < -0.39 is 24.6 Å². The third kappa shape index (κ3) is 6.15. The Morgan fingerprint density at radius 2 is 1.58 bits per heavy atom. The molecule has 0 heterocycles. The molecule has 0 unspecified atom stereocenters. The molecule has 0 aliphatic rings. The van der Waals surface area contributed by atoms with Crippen LogP contribution < -0.4 is 14.8 Å². The van der Waals surface area contributed by atoms with Gasteiger partial charge in [0.2, 0.25) is 0 Å². The number of amides is 2. The summed E-state index contributed by atoms with van der Waals surface area (Å²) in [6.45, 7) is 5.63. The first-order chi connectivity index (χ1) is 11.5. The minimum atomic E-state index is -0.891. The van der Waals surface area contributed by atoms with E-state index in [1.54, 1.807) is 19.9 Å². The fourth-order valence-electron chi connectivity index (χ4n) is 1.71. The Morgan fingerprint density at radius 1 is 0.917 bits per heavy atom. The van der Waals surface area contributed by atoms with E-state index in [9.17, 15) is 14.4 Å². The first kappa shape index (κ1) is 19.3. The van der Waals surface area contributed by atoms with E-state index in [0.29, 0.717) is 24.7 Å². The average Bonchev–Trinajstić information content (AvgIpc) is 2.55. The van der Waals surface area contributed by atoms with Gasteiger partial charge in [-0.2, -0.15) is 0 Å². The SMILES string of the molecule is CCOC(=O)NC(=O)COC(=O)c1ccc(OCC)c(OCC)c1. The van der Waals surface area contributed by atoms with Crippen LogP contribution in [-0.2, 0) is 14.3 Å². The molecule has 0 aliphatic carbocycles. The zero-order chi connectivity index (χ0) is 17.9. The lowest BCUT2D eigenvalue weighted by Crippen LogP contribution is -2.34. The molecule has 24 heavy (non-hydrogen) atoms. The molecule has 0 saturated carbocycles. The number of hydrogen-bond acceptors (Lipinski definition) is 7. The highest BCUT2D eigenvalue weighted by atomic mass is 16.6. The summed E-state index contributed by atoms with van der Waals surface area (Å²) >= 11 is 0. The molecule has 132 valence electrons. The maximum absolute atomic E-state index is 12.0. The first-order valence-corrected chi connectivity index (χ1v) is 7.55. The van der Waals surface area contributed by atoms with Crippen molar-refractivity contribution in [3.8, 4) is 11.5 Å². The number of esters is 1. The van der Waals surface area contributed by atoms with Gasteiger partial charge >= 0.3 is 12.1 Å². The fourth-order valence-corrected chi connectivity index (χ4v) is 1.71. The Balaban J connectivity index is 2.65. The molecule has 1 rings (SSSR count). The van der Waals surface area contributed by atoms with Crippen LogP contribution in [0.1, 0.15) is 31.1 Å². The van der Waals surface area contributed by atoms with Gasteiger partial charge in [-0.3, -0.25) is 10.1 Å². The summed E-state index contributed by atoms with van der Waals surface area (Å²) in [7, 11) is 0. The van der Waals surface area contributed by atoms with Gasteiger partial charge in [0.05, 0.1) is 25.4 Å². The third-order valence-electron chi connectivity index (χ3n) is 2.63. The predicted octanol–water partition coefficient (Wildman–Crippen LogP) is 1.91. The number of benzene rings is 1. The smallest absolute Gasteiger partial charge is 0.413 e. The van der Waals surface area contributed by atoms with Crippen LogP contribution in [0.15, 0.2) is 18.2 Å². The van der Waals surface area contributed by atoms with Crippen LogP contribution in [0.25, 0.3) is 0 Å². The number of nitrogens with one attached hydrogen (secondary N) is 1. The summed E-state index contributed by atoms with van der Waals surface area (Å²) in [6, 6.07) is 4.56. The molecule has 0 spiro atoms. The molecule has 1 N–H and O–H groups in total. The van der Waals surface area contributed by atoms with Crippen molar-refractivity contribution in [2.24, 2.45) is 0 Å². The van der Waals surface area contributed by atoms with Crippen molar-refractivity contribution in [2.75, 3.05) is 26.4 Å². The molecule has 0 saturated heterocycles. The maximum atomic E-state index is 12.0. The van der Waals surface area contributed by atoms with Crippen molar-refractivity contribution in [3.63, 3.8) is 0 Å².